The van der Waals surface area contributed by atoms with Crippen molar-refractivity contribution in [2.45, 2.75) is 13.1 Å². The van der Waals surface area contributed by atoms with E-state index in [9.17, 15) is 10.1 Å². The van der Waals surface area contributed by atoms with Gasteiger partial charge in [-0.3, -0.25) is 10.1 Å². The van der Waals surface area contributed by atoms with Crippen molar-refractivity contribution in [3.05, 3.63) is 68.7 Å². The van der Waals surface area contributed by atoms with E-state index in [1.807, 2.05) is 24.3 Å². The standard InChI is InChI=1S/C15H15ClN2O3/c1-21-15-7-12(6-14(8-15)18(19)20)10-17-9-11-3-2-4-13(16)5-11/h2-8,17H,9-10H2,1H3. The van der Waals surface area contributed by atoms with Crippen molar-refractivity contribution in [2.24, 2.45) is 0 Å². The SMILES string of the molecule is COc1cc(CNCc2cccc(Cl)c2)cc([N+](=O)[O-])c1. The Balaban J connectivity index is 2.02. The summed E-state index contributed by atoms with van der Waals surface area (Å²) < 4.78 is 5.08. The highest BCUT2D eigenvalue weighted by Gasteiger charge is 2.10. The van der Waals surface area contributed by atoms with Gasteiger partial charge in [0.15, 0.2) is 0 Å². The maximum atomic E-state index is 10.9. The number of rotatable bonds is 6. The van der Waals surface area contributed by atoms with E-state index in [0.717, 1.165) is 11.1 Å². The molecule has 0 amide bonds. The minimum Gasteiger partial charge on any atom is -0.496 e. The van der Waals surface area contributed by atoms with Gasteiger partial charge in [-0.2, -0.15) is 0 Å². The maximum Gasteiger partial charge on any atom is 0.273 e. The third-order valence-corrected chi connectivity index (χ3v) is 3.18. The zero-order valence-electron chi connectivity index (χ0n) is 11.5. The first-order chi connectivity index (χ1) is 10.1. The fourth-order valence-corrected chi connectivity index (χ4v) is 2.18. The van der Waals surface area contributed by atoms with E-state index >= 15 is 0 Å². The predicted molar refractivity (Wildman–Crippen MR) is 81.6 cm³/mol. The summed E-state index contributed by atoms with van der Waals surface area (Å²) in [5.74, 6) is 0.476. The number of nitrogens with zero attached hydrogens (tertiary/aromatic N) is 1. The van der Waals surface area contributed by atoms with E-state index in [1.165, 1.54) is 19.2 Å². The molecular weight excluding hydrogens is 292 g/mol. The summed E-state index contributed by atoms with van der Waals surface area (Å²) in [6.45, 7) is 1.14. The Hall–Kier alpha value is -2.11. The van der Waals surface area contributed by atoms with Crippen molar-refractivity contribution in [2.75, 3.05) is 7.11 Å². The Labute approximate surface area is 127 Å². The van der Waals surface area contributed by atoms with E-state index < -0.39 is 4.92 Å². The first kappa shape index (κ1) is 15.3. The van der Waals surface area contributed by atoms with Crippen molar-refractivity contribution >= 4 is 17.3 Å². The molecule has 0 saturated carbocycles. The van der Waals surface area contributed by atoms with Crippen LogP contribution >= 0.6 is 11.6 Å². The van der Waals surface area contributed by atoms with Crippen LogP contribution in [0.5, 0.6) is 5.75 Å². The van der Waals surface area contributed by atoms with Gasteiger partial charge in [0.1, 0.15) is 5.75 Å². The molecular formula is C15H15ClN2O3. The number of hydrogen-bond acceptors (Lipinski definition) is 4. The second kappa shape index (κ2) is 7.06. The Bertz CT molecular complexity index is 647. The molecule has 0 atom stereocenters. The molecule has 1 N–H and O–H groups in total. The molecule has 21 heavy (non-hydrogen) atoms. The first-order valence-electron chi connectivity index (χ1n) is 6.36. The Kier molecular flexibility index (Phi) is 5.14. The molecule has 2 aromatic rings. The summed E-state index contributed by atoms with van der Waals surface area (Å²) in [6.07, 6.45) is 0. The van der Waals surface area contributed by atoms with Crippen LogP contribution in [0.15, 0.2) is 42.5 Å². The molecule has 0 aliphatic carbocycles. The van der Waals surface area contributed by atoms with E-state index in [2.05, 4.69) is 5.32 Å². The van der Waals surface area contributed by atoms with Gasteiger partial charge in [0.05, 0.1) is 18.1 Å². The lowest BCUT2D eigenvalue weighted by atomic mass is 10.1. The fourth-order valence-electron chi connectivity index (χ4n) is 1.97. The minimum atomic E-state index is -0.428. The van der Waals surface area contributed by atoms with E-state index in [0.29, 0.717) is 23.9 Å². The number of nitro benzene ring substituents is 1. The molecule has 0 aromatic heterocycles. The van der Waals surface area contributed by atoms with Gasteiger partial charge in [-0.25, -0.2) is 0 Å². The molecule has 110 valence electrons. The van der Waals surface area contributed by atoms with Crippen LogP contribution in [0, 0.1) is 10.1 Å². The third-order valence-electron chi connectivity index (χ3n) is 2.94. The van der Waals surface area contributed by atoms with Gasteiger partial charge >= 0.3 is 0 Å². The molecule has 0 aliphatic heterocycles. The number of benzene rings is 2. The van der Waals surface area contributed by atoms with Crippen molar-refractivity contribution in [1.29, 1.82) is 0 Å². The van der Waals surface area contributed by atoms with Crippen LogP contribution in [-0.4, -0.2) is 12.0 Å². The van der Waals surface area contributed by atoms with Crippen LogP contribution in [0.25, 0.3) is 0 Å². The van der Waals surface area contributed by atoms with Gasteiger partial charge in [-0.05, 0) is 29.3 Å². The van der Waals surface area contributed by atoms with Crippen LogP contribution in [-0.2, 0) is 13.1 Å². The largest absolute Gasteiger partial charge is 0.496 e. The smallest absolute Gasteiger partial charge is 0.273 e. The molecule has 5 nitrogen and oxygen atoms in total. The lowest BCUT2D eigenvalue weighted by Crippen LogP contribution is -2.12. The van der Waals surface area contributed by atoms with Crippen LogP contribution in [0.4, 0.5) is 5.69 Å². The van der Waals surface area contributed by atoms with Gasteiger partial charge in [0.25, 0.3) is 5.69 Å². The zero-order chi connectivity index (χ0) is 15.2. The van der Waals surface area contributed by atoms with Crippen LogP contribution < -0.4 is 10.1 Å². The highest BCUT2D eigenvalue weighted by Crippen LogP contribution is 2.22. The highest BCUT2D eigenvalue weighted by atomic mass is 35.5. The van der Waals surface area contributed by atoms with Gasteiger partial charge < -0.3 is 10.1 Å². The number of nitrogens with one attached hydrogen (secondary N) is 1. The average Bonchev–Trinajstić information content (AvgIpc) is 2.47. The summed E-state index contributed by atoms with van der Waals surface area (Å²) in [5.41, 5.74) is 1.87. The fraction of sp³-hybridized carbons (Fsp3) is 0.200. The molecule has 0 saturated heterocycles. The molecule has 0 bridgehead atoms. The third kappa shape index (κ3) is 4.44. The normalized spacial score (nSPS) is 10.4. The zero-order valence-corrected chi connectivity index (χ0v) is 12.3. The van der Waals surface area contributed by atoms with Crippen molar-refractivity contribution in [3.8, 4) is 5.75 Å². The first-order valence-corrected chi connectivity index (χ1v) is 6.74. The van der Waals surface area contributed by atoms with Crippen molar-refractivity contribution in [3.63, 3.8) is 0 Å². The average molecular weight is 307 g/mol. The summed E-state index contributed by atoms with van der Waals surface area (Å²) in [5, 5.41) is 14.8. The molecule has 0 aliphatic rings. The van der Waals surface area contributed by atoms with E-state index in [-0.39, 0.29) is 5.69 Å². The number of methoxy groups -OCH3 is 1. The molecule has 2 aromatic carbocycles. The number of ether oxygens (including phenoxy) is 1. The monoisotopic (exact) mass is 306 g/mol. The molecule has 0 radical (unpaired) electrons. The Morgan fingerprint density at radius 1 is 1.19 bits per heavy atom. The summed E-state index contributed by atoms with van der Waals surface area (Å²) in [4.78, 5) is 10.4. The van der Waals surface area contributed by atoms with Crippen LogP contribution in [0.1, 0.15) is 11.1 Å². The van der Waals surface area contributed by atoms with Crippen molar-refractivity contribution in [1.82, 2.24) is 5.32 Å². The summed E-state index contributed by atoms with van der Waals surface area (Å²) in [7, 11) is 1.49. The van der Waals surface area contributed by atoms with Gasteiger partial charge in [-0.1, -0.05) is 23.7 Å². The predicted octanol–water partition coefficient (Wildman–Crippen LogP) is 3.55. The molecule has 0 spiro atoms. The van der Waals surface area contributed by atoms with Gasteiger partial charge in [0.2, 0.25) is 0 Å². The maximum absolute atomic E-state index is 10.9. The highest BCUT2D eigenvalue weighted by molar-refractivity contribution is 6.30. The number of non-ortho nitro benzene ring substituents is 1. The topological polar surface area (TPSA) is 64.4 Å². The van der Waals surface area contributed by atoms with E-state index in [1.54, 1.807) is 6.07 Å². The van der Waals surface area contributed by atoms with Gasteiger partial charge in [-0.15, -0.1) is 0 Å². The number of nitro groups is 1. The lowest BCUT2D eigenvalue weighted by molar-refractivity contribution is -0.385. The molecule has 0 heterocycles. The second-order valence-electron chi connectivity index (χ2n) is 4.53. The molecule has 6 heteroatoms. The number of hydrogen-bond donors (Lipinski definition) is 1. The Morgan fingerprint density at radius 3 is 2.62 bits per heavy atom. The van der Waals surface area contributed by atoms with Gasteiger partial charge in [0, 0.05) is 24.2 Å². The summed E-state index contributed by atoms with van der Waals surface area (Å²) >= 11 is 5.92. The minimum absolute atomic E-state index is 0.0221. The quantitative estimate of drug-likeness (QED) is 0.655. The second-order valence-corrected chi connectivity index (χ2v) is 4.97. The van der Waals surface area contributed by atoms with Crippen LogP contribution in [0.3, 0.4) is 0 Å². The Morgan fingerprint density at radius 2 is 1.95 bits per heavy atom. The lowest BCUT2D eigenvalue weighted by Gasteiger charge is -2.07. The van der Waals surface area contributed by atoms with Crippen LogP contribution in [0.2, 0.25) is 5.02 Å². The molecule has 0 fully saturated rings. The molecule has 2 rings (SSSR count). The van der Waals surface area contributed by atoms with E-state index in [4.69, 9.17) is 16.3 Å². The van der Waals surface area contributed by atoms with Crippen molar-refractivity contribution < 1.29 is 9.66 Å². The molecule has 0 unspecified atom stereocenters. The number of halogens is 1. The summed E-state index contributed by atoms with van der Waals surface area (Å²) in [6, 6.07) is 12.3.